The highest BCUT2D eigenvalue weighted by Gasteiger charge is 2.34. The van der Waals surface area contributed by atoms with Crippen molar-refractivity contribution < 1.29 is 0 Å². The third-order valence-corrected chi connectivity index (χ3v) is 10.6. The Kier molecular flexibility index (Phi) is 6.69. The van der Waals surface area contributed by atoms with Crippen molar-refractivity contribution in [3.63, 3.8) is 0 Å². The van der Waals surface area contributed by atoms with Crippen LogP contribution in [0.5, 0.6) is 0 Å². The van der Waals surface area contributed by atoms with E-state index in [4.69, 9.17) is 0 Å². The number of nitrogens with zero attached hydrogens (tertiary/aromatic N) is 1. The number of fused-ring (bicyclic) bond motifs is 5. The van der Waals surface area contributed by atoms with Crippen molar-refractivity contribution in [1.29, 1.82) is 0 Å². The summed E-state index contributed by atoms with van der Waals surface area (Å²) in [6.07, 6.45) is 0.986. The molecule has 0 bridgehead atoms. The number of hydrogen-bond acceptors (Lipinski definition) is 0. The molecule has 0 aliphatic heterocycles. The predicted octanol–water partition coefficient (Wildman–Crippen LogP) is 12.1. The Morgan fingerprint density at radius 3 is 1.79 bits per heavy atom. The van der Waals surface area contributed by atoms with Crippen LogP contribution in [0.15, 0.2) is 170 Å². The molecule has 1 heteroatoms. The van der Waals surface area contributed by atoms with Gasteiger partial charge in [-0.2, -0.15) is 0 Å². The molecule has 7 aromatic carbocycles. The van der Waals surface area contributed by atoms with Gasteiger partial charge in [0.05, 0.1) is 11.0 Å². The minimum atomic E-state index is -0.0672. The van der Waals surface area contributed by atoms with Gasteiger partial charge in [0.2, 0.25) is 0 Å². The van der Waals surface area contributed by atoms with Gasteiger partial charge in [-0.05, 0) is 92.9 Å². The molecule has 1 aromatic heterocycles. The van der Waals surface area contributed by atoms with Crippen molar-refractivity contribution in [2.75, 3.05) is 0 Å². The number of rotatable bonds is 4. The lowest BCUT2D eigenvalue weighted by atomic mass is 9.75. The van der Waals surface area contributed by atoms with Crippen molar-refractivity contribution in [2.45, 2.75) is 31.6 Å². The highest BCUT2D eigenvalue weighted by atomic mass is 15.0. The summed E-state index contributed by atoms with van der Waals surface area (Å²) in [4.78, 5) is 0. The fraction of sp³-hybridized carbons (Fsp3) is 0.106. The van der Waals surface area contributed by atoms with Gasteiger partial charge < -0.3 is 4.57 Å². The van der Waals surface area contributed by atoms with Crippen LogP contribution in [0, 0.1) is 0 Å². The molecule has 0 spiro atoms. The second kappa shape index (κ2) is 11.2. The molecular formula is C47H37N. The lowest BCUT2D eigenvalue weighted by Gasteiger charge is -2.28. The van der Waals surface area contributed by atoms with Gasteiger partial charge in [-0.25, -0.2) is 0 Å². The van der Waals surface area contributed by atoms with Crippen LogP contribution in [0.1, 0.15) is 47.6 Å². The minimum Gasteiger partial charge on any atom is -0.309 e. The molecule has 0 radical (unpaired) electrons. The number of aromatic nitrogens is 1. The van der Waals surface area contributed by atoms with E-state index in [1.165, 1.54) is 77.6 Å². The van der Waals surface area contributed by atoms with Crippen LogP contribution in [-0.2, 0) is 11.8 Å². The zero-order valence-corrected chi connectivity index (χ0v) is 27.4. The van der Waals surface area contributed by atoms with E-state index in [2.05, 4.69) is 188 Å². The summed E-state index contributed by atoms with van der Waals surface area (Å²) < 4.78 is 2.47. The van der Waals surface area contributed by atoms with Crippen LogP contribution < -0.4 is 0 Å². The van der Waals surface area contributed by atoms with Crippen LogP contribution in [0.4, 0.5) is 0 Å². The zero-order valence-electron chi connectivity index (χ0n) is 27.4. The van der Waals surface area contributed by atoms with Crippen molar-refractivity contribution in [3.8, 4) is 27.9 Å². The first kappa shape index (κ1) is 28.6. The zero-order chi connectivity index (χ0) is 32.2. The van der Waals surface area contributed by atoms with E-state index < -0.39 is 0 Å². The third kappa shape index (κ3) is 4.61. The first-order valence-electron chi connectivity index (χ1n) is 17.0. The first-order chi connectivity index (χ1) is 23.6. The monoisotopic (exact) mass is 615 g/mol. The Labute approximate surface area is 282 Å². The van der Waals surface area contributed by atoms with E-state index in [1.54, 1.807) is 0 Å². The number of para-hydroxylation sites is 1. The predicted molar refractivity (Wildman–Crippen MR) is 202 cm³/mol. The van der Waals surface area contributed by atoms with Crippen molar-refractivity contribution in [2.24, 2.45) is 0 Å². The molecule has 1 aliphatic rings. The molecule has 1 aliphatic carbocycles. The maximum atomic E-state index is 2.48. The average Bonchev–Trinajstić information content (AvgIpc) is 3.43. The summed E-state index contributed by atoms with van der Waals surface area (Å²) in [7, 11) is 0. The first-order valence-corrected chi connectivity index (χ1v) is 17.0. The molecule has 0 amide bonds. The van der Waals surface area contributed by atoms with E-state index in [-0.39, 0.29) is 11.3 Å². The van der Waals surface area contributed by atoms with Crippen LogP contribution in [0.25, 0.3) is 49.7 Å². The van der Waals surface area contributed by atoms with Gasteiger partial charge in [0.15, 0.2) is 0 Å². The van der Waals surface area contributed by atoms with Gasteiger partial charge in [0.25, 0.3) is 0 Å². The van der Waals surface area contributed by atoms with Crippen LogP contribution in [-0.4, -0.2) is 4.57 Å². The standard InChI is InChI=1S/C47H37N/c1-47(2)43-22-12-9-19-35(43)31-41(39-20-10-13-23-44(39)47)34-25-26-46-42(30-34)40-21-11-14-24-45(40)48(46)38-28-36(32-15-5-3-6-16-32)27-37(29-38)33-17-7-4-8-18-33/h3-30,41H,31H2,1-2H3. The third-order valence-electron chi connectivity index (χ3n) is 10.6. The lowest BCUT2D eigenvalue weighted by Crippen LogP contribution is -2.20. The Morgan fingerprint density at radius 2 is 1.06 bits per heavy atom. The van der Waals surface area contributed by atoms with Crippen molar-refractivity contribution in [1.82, 2.24) is 4.57 Å². The molecule has 9 rings (SSSR count). The van der Waals surface area contributed by atoms with E-state index in [0.717, 1.165) is 6.42 Å². The molecule has 0 N–H and O–H groups in total. The Hall–Kier alpha value is -5.66. The molecule has 0 saturated carbocycles. The van der Waals surface area contributed by atoms with Crippen LogP contribution in [0.2, 0.25) is 0 Å². The Morgan fingerprint density at radius 1 is 0.479 bits per heavy atom. The number of benzene rings is 7. The Bertz CT molecular complexity index is 2390. The summed E-state index contributed by atoms with van der Waals surface area (Å²) in [5.41, 5.74) is 15.5. The maximum absolute atomic E-state index is 2.48. The van der Waals surface area contributed by atoms with Gasteiger partial charge in [0.1, 0.15) is 0 Å². The largest absolute Gasteiger partial charge is 0.309 e. The van der Waals surface area contributed by atoms with Gasteiger partial charge in [-0.1, -0.05) is 147 Å². The highest BCUT2D eigenvalue weighted by Crippen LogP contribution is 2.46. The molecule has 48 heavy (non-hydrogen) atoms. The molecule has 1 nitrogen and oxygen atoms in total. The molecule has 230 valence electrons. The normalized spacial score (nSPS) is 15.2. The SMILES string of the molecule is CC1(C)c2ccccc2CC(c2ccc3c(c2)c2ccccc2n3-c2cc(-c3ccccc3)cc(-c3ccccc3)c2)c2ccccc21. The smallest absolute Gasteiger partial charge is 0.0541 e. The quantitative estimate of drug-likeness (QED) is 0.186. The molecule has 8 aromatic rings. The van der Waals surface area contributed by atoms with Gasteiger partial charge in [0, 0.05) is 27.8 Å². The number of hydrogen-bond donors (Lipinski definition) is 0. The Balaban J connectivity index is 1.27. The fourth-order valence-corrected chi connectivity index (χ4v) is 8.27. The summed E-state index contributed by atoms with van der Waals surface area (Å²) in [5, 5.41) is 2.58. The molecule has 0 saturated heterocycles. The molecular weight excluding hydrogens is 579 g/mol. The van der Waals surface area contributed by atoms with Crippen molar-refractivity contribution in [3.05, 3.63) is 198 Å². The van der Waals surface area contributed by atoms with Gasteiger partial charge in [-0.3, -0.25) is 0 Å². The topological polar surface area (TPSA) is 4.93 Å². The maximum Gasteiger partial charge on any atom is 0.0541 e. The van der Waals surface area contributed by atoms with E-state index >= 15 is 0 Å². The van der Waals surface area contributed by atoms with Crippen LogP contribution >= 0.6 is 0 Å². The van der Waals surface area contributed by atoms with E-state index in [1.807, 2.05) is 0 Å². The van der Waals surface area contributed by atoms with Crippen molar-refractivity contribution >= 4 is 21.8 Å². The summed E-state index contributed by atoms with van der Waals surface area (Å²) in [6.45, 7) is 4.77. The second-order valence-corrected chi connectivity index (χ2v) is 13.8. The molecule has 1 unspecified atom stereocenters. The minimum absolute atomic E-state index is 0.0672. The average molecular weight is 616 g/mol. The molecule has 0 fully saturated rings. The highest BCUT2D eigenvalue weighted by molar-refractivity contribution is 6.09. The summed E-state index contributed by atoms with van der Waals surface area (Å²) in [5.74, 6) is 0.265. The fourth-order valence-electron chi connectivity index (χ4n) is 8.27. The second-order valence-electron chi connectivity index (χ2n) is 13.8. The van der Waals surface area contributed by atoms with Gasteiger partial charge >= 0.3 is 0 Å². The van der Waals surface area contributed by atoms with Crippen LogP contribution in [0.3, 0.4) is 0 Å². The lowest BCUT2D eigenvalue weighted by molar-refractivity contribution is 0.635. The molecule has 1 atom stereocenters. The van der Waals surface area contributed by atoms with E-state index in [9.17, 15) is 0 Å². The summed E-state index contributed by atoms with van der Waals surface area (Å²) >= 11 is 0. The molecule has 1 heterocycles. The van der Waals surface area contributed by atoms with E-state index in [0.29, 0.717) is 0 Å². The van der Waals surface area contributed by atoms with Gasteiger partial charge in [-0.15, -0.1) is 0 Å². The summed E-state index contributed by atoms with van der Waals surface area (Å²) in [6, 6.07) is 62.8.